The molecule has 1 amide bonds. The molecule has 0 aliphatic carbocycles. The quantitative estimate of drug-likeness (QED) is 0.792. The second-order valence-electron chi connectivity index (χ2n) is 4.43. The van der Waals surface area contributed by atoms with Crippen molar-refractivity contribution in [3.63, 3.8) is 0 Å². The van der Waals surface area contributed by atoms with E-state index in [1.165, 1.54) is 0 Å². The molecule has 17 heavy (non-hydrogen) atoms. The highest BCUT2D eigenvalue weighted by Crippen LogP contribution is 2.07. The number of amides is 1. The molecular formula is C14H22N2O. The fourth-order valence-corrected chi connectivity index (χ4v) is 1.79. The van der Waals surface area contributed by atoms with Gasteiger partial charge in [-0.25, -0.2) is 0 Å². The van der Waals surface area contributed by atoms with Crippen molar-refractivity contribution in [3.8, 4) is 0 Å². The molecule has 94 valence electrons. The minimum Gasteiger partial charge on any atom is -0.352 e. The molecule has 0 aromatic heterocycles. The normalized spacial score (nSPS) is 12.2. The summed E-state index contributed by atoms with van der Waals surface area (Å²) in [7, 11) is 0. The third-order valence-electron chi connectivity index (χ3n) is 2.86. The lowest BCUT2D eigenvalue weighted by Crippen LogP contribution is -2.28. The maximum atomic E-state index is 11.7. The Hall–Kier alpha value is -1.35. The summed E-state index contributed by atoms with van der Waals surface area (Å²) in [6.45, 7) is 5.18. The van der Waals surface area contributed by atoms with E-state index in [-0.39, 0.29) is 11.8 Å². The van der Waals surface area contributed by atoms with Gasteiger partial charge in [0.15, 0.2) is 0 Å². The van der Waals surface area contributed by atoms with Gasteiger partial charge in [0.05, 0.1) is 0 Å². The lowest BCUT2D eigenvalue weighted by Gasteiger charge is -2.11. The van der Waals surface area contributed by atoms with Crippen molar-refractivity contribution in [2.75, 3.05) is 0 Å². The molecule has 1 rings (SSSR count). The molecule has 0 heterocycles. The average molecular weight is 234 g/mol. The molecule has 1 unspecified atom stereocenters. The van der Waals surface area contributed by atoms with Gasteiger partial charge in [0.1, 0.15) is 0 Å². The third-order valence-corrected chi connectivity index (χ3v) is 2.86. The van der Waals surface area contributed by atoms with Gasteiger partial charge in [-0.3, -0.25) is 4.79 Å². The van der Waals surface area contributed by atoms with Crippen LogP contribution in [0.2, 0.25) is 0 Å². The highest BCUT2D eigenvalue weighted by molar-refractivity contribution is 5.78. The van der Waals surface area contributed by atoms with Crippen LogP contribution >= 0.6 is 0 Å². The van der Waals surface area contributed by atoms with Crippen LogP contribution in [0.15, 0.2) is 24.3 Å². The molecule has 0 bridgehead atoms. The van der Waals surface area contributed by atoms with E-state index >= 15 is 0 Å². The molecule has 3 nitrogen and oxygen atoms in total. The highest BCUT2D eigenvalue weighted by Gasteiger charge is 2.10. The standard InChI is InChI=1S/C14H22N2O/c1-3-5-11(2)14(17)16-10-13-7-4-6-12(8-13)9-15/h4,6-8,11H,3,5,9-10,15H2,1-2H3,(H,16,17). The Bertz CT molecular complexity index is 363. The van der Waals surface area contributed by atoms with Gasteiger partial charge < -0.3 is 11.1 Å². The summed E-state index contributed by atoms with van der Waals surface area (Å²) < 4.78 is 0. The number of carbonyl (C=O) groups is 1. The smallest absolute Gasteiger partial charge is 0.223 e. The lowest BCUT2D eigenvalue weighted by molar-refractivity contribution is -0.124. The van der Waals surface area contributed by atoms with Gasteiger partial charge in [0, 0.05) is 19.0 Å². The van der Waals surface area contributed by atoms with Crippen LogP contribution in [0.1, 0.15) is 37.8 Å². The molecule has 3 N–H and O–H groups in total. The molecule has 0 fully saturated rings. The van der Waals surface area contributed by atoms with E-state index in [1.54, 1.807) is 0 Å². The van der Waals surface area contributed by atoms with Crippen molar-refractivity contribution in [3.05, 3.63) is 35.4 Å². The Morgan fingerprint density at radius 2 is 2.12 bits per heavy atom. The number of nitrogens with two attached hydrogens (primary N) is 1. The van der Waals surface area contributed by atoms with Gasteiger partial charge in [0.2, 0.25) is 5.91 Å². The van der Waals surface area contributed by atoms with Crippen LogP contribution in [0.3, 0.4) is 0 Å². The van der Waals surface area contributed by atoms with Crippen LogP contribution in [0.5, 0.6) is 0 Å². The first-order valence-corrected chi connectivity index (χ1v) is 6.23. The van der Waals surface area contributed by atoms with Crippen molar-refractivity contribution < 1.29 is 4.79 Å². The molecule has 0 spiro atoms. The largest absolute Gasteiger partial charge is 0.352 e. The zero-order valence-electron chi connectivity index (χ0n) is 10.7. The number of hydrogen-bond acceptors (Lipinski definition) is 2. The summed E-state index contributed by atoms with van der Waals surface area (Å²) in [4.78, 5) is 11.7. The fourth-order valence-electron chi connectivity index (χ4n) is 1.79. The molecule has 0 radical (unpaired) electrons. The lowest BCUT2D eigenvalue weighted by atomic mass is 10.1. The average Bonchev–Trinajstić information content (AvgIpc) is 2.36. The van der Waals surface area contributed by atoms with Crippen LogP contribution in [-0.2, 0) is 17.9 Å². The first-order valence-electron chi connectivity index (χ1n) is 6.23. The van der Waals surface area contributed by atoms with Crippen LogP contribution < -0.4 is 11.1 Å². The minimum atomic E-state index is 0.0951. The van der Waals surface area contributed by atoms with Crippen molar-refractivity contribution >= 4 is 5.91 Å². The number of hydrogen-bond donors (Lipinski definition) is 2. The predicted octanol–water partition coefficient (Wildman–Crippen LogP) is 2.20. The van der Waals surface area contributed by atoms with Gasteiger partial charge in [-0.15, -0.1) is 0 Å². The molecule has 0 saturated carbocycles. The maximum absolute atomic E-state index is 11.7. The maximum Gasteiger partial charge on any atom is 0.223 e. The molecule has 1 atom stereocenters. The number of benzene rings is 1. The van der Waals surface area contributed by atoms with Gasteiger partial charge in [-0.05, 0) is 17.5 Å². The summed E-state index contributed by atoms with van der Waals surface area (Å²) in [5.74, 6) is 0.225. The van der Waals surface area contributed by atoms with Crippen LogP contribution in [0.4, 0.5) is 0 Å². The topological polar surface area (TPSA) is 55.1 Å². The molecular weight excluding hydrogens is 212 g/mol. The van der Waals surface area contributed by atoms with Gasteiger partial charge >= 0.3 is 0 Å². The zero-order valence-corrected chi connectivity index (χ0v) is 10.7. The Morgan fingerprint density at radius 3 is 2.76 bits per heavy atom. The molecule has 1 aromatic carbocycles. The first kappa shape index (κ1) is 13.7. The SMILES string of the molecule is CCCC(C)C(=O)NCc1cccc(CN)c1. The van der Waals surface area contributed by atoms with E-state index in [9.17, 15) is 4.79 Å². The predicted molar refractivity (Wildman–Crippen MR) is 70.3 cm³/mol. The number of rotatable bonds is 6. The van der Waals surface area contributed by atoms with E-state index in [4.69, 9.17) is 5.73 Å². The second-order valence-corrected chi connectivity index (χ2v) is 4.43. The molecule has 0 aliphatic heterocycles. The number of carbonyl (C=O) groups excluding carboxylic acids is 1. The van der Waals surface area contributed by atoms with Gasteiger partial charge in [-0.1, -0.05) is 44.5 Å². The van der Waals surface area contributed by atoms with Gasteiger partial charge in [-0.2, -0.15) is 0 Å². The molecule has 1 aromatic rings. The zero-order chi connectivity index (χ0) is 12.7. The van der Waals surface area contributed by atoms with E-state index in [1.807, 2.05) is 31.2 Å². The summed E-state index contributed by atoms with van der Waals surface area (Å²) in [6.07, 6.45) is 1.98. The summed E-state index contributed by atoms with van der Waals surface area (Å²) in [5.41, 5.74) is 7.77. The van der Waals surface area contributed by atoms with E-state index in [0.717, 1.165) is 24.0 Å². The number of nitrogens with one attached hydrogen (secondary N) is 1. The van der Waals surface area contributed by atoms with Crippen molar-refractivity contribution in [1.82, 2.24) is 5.32 Å². The Labute approximate surface area is 103 Å². The van der Waals surface area contributed by atoms with Crippen LogP contribution in [0, 0.1) is 5.92 Å². The van der Waals surface area contributed by atoms with Crippen LogP contribution in [-0.4, -0.2) is 5.91 Å². The van der Waals surface area contributed by atoms with E-state index < -0.39 is 0 Å². The molecule has 0 saturated heterocycles. The van der Waals surface area contributed by atoms with E-state index in [2.05, 4.69) is 12.2 Å². The summed E-state index contributed by atoms with van der Waals surface area (Å²) >= 11 is 0. The Balaban J connectivity index is 2.46. The Kier molecular flexibility index (Phi) is 5.70. The van der Waals surface area contributed by atoms with Crippen molar-refractivity contribution in [2.24, 2.45) is 11.7 Å². The second kappa shape index (κ2) is 7.07. The summed E-state index contributed by atoms with van der Waals surface area (Å²) in [5, 5.41) is 2.96. The monoisotopic (exact) mass is 234 g/mol. The molecule has 0 aliphatic rings. The van der Waals surface area contributed by atoms with Gasteiger partial charge in [0.25, 0.3) is 0 Å². The minimum absolute atomic E-state index is 0.0951. The molecule has 3 heteroatoms. The third kappa shape index (κ3) is 4.57. The van der Waals surface area contributed by atoms with Crippen molar-refractivity contribution in [1.29, 1.82) is 0 Å². The first-order chi connectivity index (χ1) is 8.17. The Morgan fingerprint density at radius 1 is 1.41 bits per heavy atom. The van der Waals surface area contributed by atoms with E-state index in [0.29, 0.717) is 13.1 Å². The van der Waals surface area contributed by atoms with Crippen molar-refractivity contribution in [2.45, 2.75) is 39.8 Å². The highest BCUT2D eigenvalue weighted by atomic mass is 16.1. The summed E-state index contributed by atoms with van der Waals surface area (Å²) in [6, 6.07) is 8.00. The fraction of sp³-hybridized carbons (Fsp3) is 0.500. The van der Waals surface area contributed by atoms with Crippen LogP contribution in [0.25, 0.3) is 0 Å².